The predicted molar refractivity (Wildman–Crippen MR) is 119 cm³/mol. The van der Waals surface area contributed by atoms with E-state index in [9.17, 15) is 8.42 Å². The van der Waals surface area contributed by atoms with E-state index < -0.39 is 10.0 Å². The lowest BCUT2D eigenvalue weighted by atomic mass is 10.3. The van der Waals surface area contributed by atoms with Crippen molar-refractivity contribution in [1.82, 2.24) is 14.7 Å². The molecule has 0 unspecified atom stereocenters. The average molecular weight is 486 g/mol. The van der Waals surface area contributed by atoms with E-state index in [0.29, 0.717) is 40.9 Å². The van der Waals surface area contributed by atoms with E-state index in [4.69, 9.17) is 5.11 Å². The summed E-state index contributed by atoms with van der Waals surface area (Å²) >= 11 is 3.34. The Labute approximate surface area is 180 Å². The zero-order valence-corrected chi connectivity index (χ0v) is 19.1. The lowest BCUT2D eigenvalue weighted by Crippen LogP contribution is -2.25. The monoisotopic (exact) mass is 485 g/mol. The second kappa shape index (κ2) is 11.4. The van der Waals surface area contributed by atoms with E-state index in [2.05, 4.69) is 55.1 Å². The van der Waals surface area contributed by atoms with Crippen LogP contribution in [0.4, 0.5) is 17.5 Å². The third-order valence-corrected chi connectivity index (χ3v) is 5.85. The molecule has 1 aliphatic rings. The quantitative estimate of drug-likeness (QED) is 0.429. The predicted octanol–water partition coefficient (Wildman–Crippen LogP) is 3.49. The number of aliphatic hydroxyl groups excluding tert-OH is 1. The molecule has 4 N–H and O–H groups in total. The number of anilines is 3. The van der Waals surface area contributed by atoms with Crippen LogP contribution in [0.2, 0.25) is 0 Å². The number of aromatic nitrogens is 2. The third-order valence-electron chi connectivity index (χ3n) is 3.83. The molecule has 1 saturated carbocycles. The SMILES string of the molecule is CCC.O=S(=O)(NCC1CC1)c1ccc(Nc2ncc(Br)c(NCCO)n2)cc1. The fourth-order valence-electron chi connectivity index (χ4n) is 2.21. The fourth-order valence-corrected chi connectivity index (χ4v) is 3.65. The molecule has 0 spiro atoms. The molecule has 3 rings (SSSR count). The largest absolute Gasteiger partial charge is 0.395 e. The minimum absolute atomic E-state index is 0.01000. The third kappa shape index (κ3) is 7.88. The Hall–Kier alpha value is -1.75. The van der Waals surface area contributed by atoms with Crippen molar-refractivity contribution in [1.29, 1.82) is 0 Å². The van der Waals surface area contributed by atoms with Crippen molar-refractivity contribution < 1.29 is 13.5 Å². The Balaban J connectivity index is 0.000000941. The number of aliphatic hydroxyl groups is 1. The molecule has 0 aliphatic heterocycles. The second-order valence-electron chi connectivity index (χ2n) is 6.69. The van der Waals surface area contributed by atoms with Crippen molar-refractivity contribution in [3.8, 4) is 0 Å². The number of sulfonamides is 1. The fraction of sp³-hybridized carbons (Fsp3) is 0.474. The van der Waals surface area contributed by atoms with Crippen LogP contribution in [-0.2, 0) is 10.0 Å². The van der Waals surface area contributed by atoms with Gasteiger partial charge in [0.05, 0.1) is 16.0 Å². The maximum absolute atomic E-state index is 12.2. The van der Waals surface area contributed by atoms with Crippen molar-refractivity contribution in [2.75, 3.05) is 30.3 Å². The summed E-state index contributed by atoms with van der Waals surface area (Å²) < 4.78 is 27.8. The first-order valence-electron chi connectivity index (χ1n) is 9.63. The topological polar surface area (TPSA) is 116 Å². The van der Waals surface area contributed by atoms with Crippen LogP contribution in [-0.4, -0.2) is 43.2 Å². The van der Waals surface area contributed by atoms with Crippen LogP contribution < -0.4 is 15.4 Å². The van der Waals surface area contributed by atoms with E-state index in [-0.39, 0.29) is 11.5 Å². The van der Waals surface area contributed by atoms with Gasteiger partial charge in [-0.3, -0.25) is 0 Å². The Kier molecular flexibility index (Phi) is 9.28. The molecule has 160 valence electrons. The smallest absolute Gasteiger partial charge is 0.240 e. The highest BCUT2D eigenvalue weighted by molar-refractivity contribution is 9.10. The molecule has 1 aromatic heterocycles. The highest BCUT2D eigenvalue weighted by Crippen LogP contribution is 2.28. The maximum Gasteiger partial charge on any atom is 0.240 e. The Morgan fingerprint density at radius 2 is 1.86 bits per heavy atom. The molecule has 0 saturated heterocycles. The summed E-state index contributed by atoms with van der Waals surface area (Å²) in [5.41, 5.74) is 0.668. The van der Waals surface area contributed by atoms with Gasteiger partial charge in [0.15, 0.2) is 0 Å². The van der Waals surface area contributed by atoms with Gasteiger partial charge in [0, 0.05) is 25.0 Å². The van der Waals surface area contributed by atoms with Crippen molar-refractivity contribution in [3.05, 3.63) is 34.9 Å². The van der Waals surface area contributed by atoms with Gasteiger partial charge in [-0.25, -0.2) is 18.1 Å². The van der Waals surface area contributed by atoms with Crippen LogP contribution >= 0.6 is 15.9 Å². The van der Waals surface area contributed by atoms with E-state index in [1.54, 1.807) is 30.5 Å². The molecule has 8 nitrogen and oxygen atoms in total. The zero-order valence-electron chi connectivity index (χ0n) is 16.7. The molecule has 2 aromatic rings. The molecule has 1 fully saturated rings. The van der Waals surface area contributed by atoms with Gasteiger partial charge < -0.3 is 15.7 Å². The first-order valence-corrected chi connectivity index (χ1v) is 11.9. The molecule has 0 radical (unpaired) electrons. The van der Waals surface area contributed by atoms with Gasteiger partial charge in [-0.15, -0.1) is 0 Å². The Morgan fingerprint density at radius 1 is 1.21 bits per heavy atom. The zero-order chi connectivity index (χ0) is 21.3. The van der Waals surface area contributed by atoms with Gasteiger partial charge in [0.2, 0.25) is 16.0 Å². The molecule has 1 heterocycles. The van der Waals surface area contributed by atoms with Gasteiger partial charge in [-0.1, -0.05) is 20.3 Å². The summed E-state index contributed by atoms with van der Waals surface area (Å²) in [6, 6.07) is 6.42. The molecule has 0 amide bonds. The van der Waals surface area contributed by atoms with Crippen LogP contribution in [0.15, 0.2) is 39.8 Å². The molecular weight excluding hydrogens is 458 g/mol. The molecule has 29 heavy (non-hydrogen) atoms. The summed E-state index contributed by atoms with van der Waals surface area (Å²) in [6.07, 6.45) is 5.02. The normalized spacial score (nSPS) is 13.4. The van der Waals surface area contributed by atoms with Crippen LogP contribution in [0.1, 0.15) is 33.1 Å². The average Bonchev–Trinajstić information content (AvgIpc) is 3.53. The first kappa shape index (κ1) is 23.5. The Morgan fingerprint density at radius 3 is 2.45 bits per heavy atom. The van der Waals surface area contributed by atoms with E-state index >= 15 is 0 Å². The molecule has 10 heteroatoms. The summed E-state index contributed by atoms with van der Waals surface area (Å²) in [4.78, 5) is 8.70. The first-order chi connectivity index (χ1) is 13.9. The van der Waals surface area contributed by atoms with Gasteiger partial charge in [-0.05, 0) is 59.0 Å². The second-order valence-corrected chi connectivity index (χ2v) is 9.31. The molecule has 0 atom stereocenters. The van der Waals surface area contributed by atoms with Crippen molar-refractivity contribution in [2.45, 2.75) is 38.0 Å². The van der Waals surface area contributed by atoms with Crippen LogP contribution in [0.25, 0.3) is 0 Å². The lowest BCUT2D eigenvalue weighted by molar-refractivity contribution is 0.311. The van der Waals surface area contributed by atoms with E-state index in [1.165, 1.54) is 6.42 Å². The molecular formula is C19H28BrN5O3S. The summed E-state index contributed by atoms with van der Waals surface area (Å²) in [5.74, 6) is 1.39. The number of hydrogen-bond donors (Lipinski definition) is 4. The van der Waals surface area contributed by atoms with Crippen molar-refractivity contribution >= 4 is 43.4 Å². The van der Waals surface area contributed by atoms with Gasteiger partial charge in [-0.2, -0.15) is 4.98 Å². The van der Waals surface area contributed by atoms with Crippen LogP contribution in [0.5, 0.6) is 0 Å². The number of hydrogen-bond acceptors (Lipinski definition) is 7. The number of nitrogens with one attached hydrogen (secondary N) is 3. The standard InChI is InChI=1S/C16H20BrN5O3S.C3H8/c17-14-10-19-16(22-15(14)18-7-8-23)21-12-3-5-13(6-4-12)26(24,25)20-9-11-1-2-11;1-3-2/h3-6,10-11,20,23H,1-2,7-9H2,(H2,18,19,21,22);3H2,1-2H3. The molecule has 1 aliphatic carbocycles. The summed E-state index contributed by atoms with van der Waals surface area (Å²) in [7, 11) is -3.48. The van der Waals surface area contributed by atoms with E-state index in [1.807, 2.05) is 0 Å². The van der Waals surface area contributed by atoms with Gasteiger partial charge in [0.1, 0.15) is 5.82 Å². The highest BCUT2D eigenvalue weighted by atomic mass is 79.9. The Bertz CT molecular complexity index is 874. The number of benzene rings is 1. The number of nitrogens with zero attached hydrogens (tertiary/aromatic N) is 2. The number of rotatable bonds is 9. The van der Waals surface area contributed by atoms with Crippen LogP contribution in [0, 0.1) is 5.92 Å². The lowest BCUT2D eigenvalue weighted by Gasteiger charge is -2.10. The minimum atomic E-state index is -3.48. The summed E-state index contributed by atoms with van der Waals surface area (Å²) in [6.45, 7) is 5.11. The van der Waals surface area contributed by atoms with E-state index in [0.717, 1.165) is 12.8 Å². The minimum Gasteiger partial charge on any atom is -0.395 e. The molecule has 0 bridgehead atoms. The molecule has 1 aromatic carbocycles. The van der Waals surface area contributed by atoms with Gasteiger partial charge >= 0.3 is 0 Å². The highest BCUT2D eigenvalue weighted by Gasteiger charge is 2.24. The van der Waals surface area contributed by atoms with Crippen molar-refractivity contribution in [2.24, 2.45) is 5.92 Å². The summed E-state index contributed by atoms with van der Waals surface area (Å²) in [5, 5.41) is 14.9. The maximum atomic E-state index is 12.2. The number of halogens is 1. The van der Waals surface area contributed by atoms with Crippen LogP contribution in [0.3, 0.4) is 0 Å². The van der Waals surface area contributed by atoms with Gasteiger partial charge in [0.25, 0.3) is 0 Å². The van der Waals surface area contributed by atoms with Crippen molar-refractivity contribution in [3.63, 3.8) is 0 Å².